The average Bonchev–Trinajstić information content (AvgIpc) is 3.12. The number of likely N-dealkylation sites (tertiary alicyclic amines) is 1. The van der Waals surface area contributed by atoms with Crippen LogP contribution in [0.4, 0.5) is 0 Å². The highest BCUT2D eigenvalue weighted by Gasteiger charge is 2.26. The van der Waals surface area contributed by atoms with E-state index in [1.54, 1.807) is 0 Å². The fraction of sp³-hybridized carbons (Fsp3) is 0.500. The van der Waals surface area contributed by atoms with E-state index >= 15 is 0 Å². The Morgan fingerprint density at radius 1 is 1.41 bits per heavy atom. The number of rotatable bonds is 3. The molecule has 118 valence electrons. The van der Waals surface area contributed by atoms with E-state index in [0.29, 0.717) is 12.5 Å². The normalized spacial score (nSPS) is 16.2. The molecule has 1 aliphatic rings. The number of thiazole rings is 1. The van der Waals surface area contributed by atoms with Crippen LogP contribution in [-0.2, 0) is 0 Å². The van der Waals surface area contributed by atoms with Gasteiger partial charge in [-0.25, -0.2) is 4.98 Å². The van der Waals surface area contributed by atoms with Crippen molar-refractivity contribution >= 4 is 17.2 Å². The Morgan fingerprint density at radius 2 is 2.14 bits per heavy atom. The van der Waals surface area contributed by atoms with Gasteiger partial charge in [-0.3, -0.25) is 4.79 Å². The smallest absolute Gasteiger partial charge is 0.265 e. The second-order valence-electron chi connectivity index (χ2n) is 5.82. The summed E-state index contributed by atoms with van der Waals surface area (Å²) in [5, 5.41) is 0.769. The SMILES string of the molecule is Cc1ccc(-c2nc(C)c(C(=O)N3CCC(CN)CC3)s2)o1. The molecule has 0 radical (unpaired) electrons. The predicted molar refractivity (Wildman–Crippen MR) is 87.0 cm³/mol. The molecule has 1 aliphatic heterocycles. The number of amides is 1. The van der Waals surface area contributed by atoms with E-state index in [0.717, 1.165) is 53.0 Å². The first-order valence-corrected chi connectivity index (χ1v) is 8.43. The van der Waals surface area contributed by atoms with Gasteiger partial charge in [-0.2, -0.15) is 0 Å². The molecule has 2 N–H and O–H groups in total. The fourth-order valence-electron chi connectivity index (χ4n) is 2.77. The van der Waals surface area contributed by atoms with Crippen molar-refractivity contribution in [3.05, 3.63) is 28.5 Å². The van der Waals surface area contributed by atoms with Gasteiger partial charge in [0.1, 0.15) is 10.6 Å². The van der Waals surface area contributed by atoms with Crippen molar-refractivity contribution in [3.63, 3.8) is 0 Å². The maximum Gasteiger partial charge on any atom is 0.265 e. The number of hydrogen-bond acceptors (Lipinski definition) is 5. The maximum atomic E-state index is 12.7. The Bertz CT molecular complexity index is 669. The Kier molecular flexibility index (Phi) is 4.31. The minimum atomic E-state index is 0.0833. The van der Waals surface area contributed by atoms with Gasteiger partial charge >= 0.3 is 0 Å². The maximum absolute atomic E-state index is 12.7. The first-order chi connectivity index (χ1) is 10.6. The molecule has 1 fully saturated rings. The van der Waals surface area contributed by atoms with Crippen LogP contribution < -0.4 is 5.73 Å². The van der Waals surface area contributed by atoms with Crippen molar-refractivity contribution < 1.29 is 9.21 Å². The number of nitrogens with zero attached hydrogens (tertiary/aromatic N) is 2. The largest absolute Gasteiger partial charge is 0.459 e. The molecule has 0 atom stereocenters. The average molecular weight is 319 g/mol. The van der Waals surface area contributed by atoms with Crippen LogP contribution in [0.3, 0.4) is 0 Å². The number of carbonyl (C=O) groups excluding carboxylic acids is 1. The second kappa shape index (κ2) is 6.22. The molecule has 0 aromatic carbocycles. The molecule has 0 saturated carbocycles. The molecular formula is C16H21N3O2S. The summed E-state index contributed by atoms with van der Waals surface area (Å²) in [6, 6.07) is 3.81. The predicted octanol–water partition coefficient (Wildman–Crippen LogP) is 2.83. The summed E-state index contributed by atoms with van der Waals surface area (Å²) in [6.45, 7) is 6.07. The zero-order valence-corrected chi connectivity index (χ0v) is 13.8. The molecule has 3 heterocycles. The minimum absolute atomic E-state index is 0.0833. The molecule has 2 aromatic heterocycles. The third-order valence-corrected chi connectivity index (χ3v) is 5.34. The lowest BCUT2D eigenvalue weighted by Gasteiger charge is -2.31. The van der Waals surface area contributed by atoms with Crippen LogP contribution in [0.5, 0.6) is 0 Å². The van der Waals surface area contributed by atoms with Gasteiger partial charge in [-0.1, -0.05) is 0 Å². The zero-order valence-electron chi connectivity index (χ0n) is 13.0. The third kappa shape index (κ3) is 2.94. The van der Waals surface area contributed by atoms with Gasteiger partial charge in [0.05, 0.1) is 5.69 Å². The second-order valence-corrected chi connectivity index (χ2v) is 6.81. The van der Waals surface area contributed by atoms with Crippen LogP contribution in [0.25, 0.3) is 10.8 Å². The monoisotopic (exact) mass is 319 g/mol. The number of nitrogens with two attached hydrogens (primary N) is 1. The summed E-state index contributed by atoms with van der Waals surface area (Å²) in [4.78, 5) is 19.8. The number of aryl methyl sites for hydroxylation is 2. The number of piperidine rings is 1. The Morgan fingerprint density at radius 3 is 2.73 bits per heavy atom. The lowest BCUT2D eigenvalue weighted by Crippen LogP contribution is -2.40. The van der Waals surface area contributed by atoms with Gasteiger partial charge in [0.2, 0.25) is 0 Å². The van der Waals surface area contributed by atoms with Crippen molar-refractivity contribution in [2.75, 3.05) is 19.6 Å². The Hall–Kier alpha value is -1.66. The van der Waals surface area contributed by atoms with Crippen molar-refractivity contribution in [1.29, 1.82) is 0 Å². The standard InChI is InChI=1S/C16H21N3O2S/c1-10-3-4-13(21-10)15-18-11(2)14(22-15)16(20)19-7-5-12(9-17)6-8-19/h3-4,12H,5-9,17H2,1-2H3. The summed E-state index contributed by atoms with van der Waals surface area (Å²) < 4.78 is 5.60. The first kappa shape index (κ1) is 15.2. The van der Waals surface area contributed by atoms with Crippen molar-refractivity contribution in [1.82, 2.24) is 9.88 Å². The molecular weight excluding hydrogens is 298 g/mol. The first-order valence-electron chi connectivity index (χ1n) is 7.62. The van der Waals surface area contributed by atoms with Gasteiger partial charge in [0, 0.05) is 13.1 Å². The van der Waals surface area contributed by atoms with E-state index in [1.165, 1.54) is 11.3 Å². The molecule has 1 saturated heterocycles. The zero-order chi connectivity index (χ0) is 15.7. The summed E-state index contributed by atoms with van der Waals surface area (Å²) in [5.74, 6) is 2.21. The summed E-state index contributed by atoms with van der Waals surface area (Å²) in [5.41, 5.74) is 6.49. The third-order valence-electron chi connectivity index (χ3n) is 4.18. The van der Waals surface area contributed by atoms with Gasteiger partial charge in [-0.15, -0.1) is 11.3 Å². The molecule has 6 heteroatoms. The molecule has 0 unspecified atom stereocenters. The van der Waals surface area contributed by atoms with E-state index in [4.69, 9.17) is 10.2 Å². The van der Waals surface area contributed by atoms with E-state index < -0.39 is 0 Å². The fourth-order valence-corrected chi connectivity index (χ4v) is 3.76. The topological polar surface area (TPSA) is 72.4 Å². The minimum Gasteiger partial charge on any atom is -0.459 e. The summed E-state index contributed by atoms with van der Waals surface area (Å²) >= 11 is 1.41. The number of carbonyl (C=O) groups is 1. The van der Waals surface area contributed by atoms with E-state index in [9.17, 15) is 4.79 Å². The molecule has 0 bridgehead atoms. The van der Waals surface area contributed by atoms with Crippen LogP contribution in [0, 0.1) is 19.8 Å². The van der Waals surface area contributed by atoms with Crippen molar-refractivity contribution in [2.24, 2.45) is 11.7 Å². The van der Waals surface area contributed by atoms with Crippen LogP contribution in [-0.4, -0.2) is 35.4 Å². The molecule has 0 spiro atoms. The van der Waals surface area contributed by atoms with Crippen LogP contribution >= 0.6 is 11.3 Å². The summed E-state index contributed by atoms with van der Waals surface area (Å²) in [6.07, 6.45) is 1.98. The van der Waals surface area contributed by atoms with Gasteiger partial charge < -0.3 is 15.1 Å². The van der Waals surface area contributed by atoms with Crippen molar-refractivity contribution in [2.45, 2.75) is 26.7 Å². The quantitative estimate of drug-likeness (QED) is 0.944. The van der Waals surface area contributed by atoms with Gasteiger partial charge in [-0.05, 0) is 51.3 Å². The highest BCUT2D eigenvalue weighted by Crippen LogP contribution is 2.30. The molecule has 22 heavy (non-hydrogen) atoms. The Labute approximate surface area is 134 Å². The summed E-state index contributed by atoms with van der Waals surface area (Å²) in [7, 11) is 0. The molecule has 0 aliphatic carbocycles. The van der Waals surface area contributed by atoms with E-state index in [-0.39, 0.29) is 5.91 Å². The van der Waals surface area contributed by atoms with Gasteiger partial charge in [0.25, 0.3) is 5.91 Å². The number of aromatic nitrogens is 1. The van der Waals surface area contributed by atoms with Crippen LogP contribution in [0.15, 0.2) is 16.5 Å². The lowest BCUT2D eigenvalue weighted by molar-refractivity contribution is 0.0697. The van der Waals surface area contributed by atoms with Crippen molar-refractivity contribution in [3.8, 4) is 10.8 Å². The lowest BCUT2D eigenvalue weighted by atomic mass is 9.97. The Balaban J connectivity index is 1.77. The number of furan rings is 1. The van der Waals surface area contributed by atoms with E-state index in [1.807, 2.05) is 30.9 Å². The molecule has 5 nitrogen and oxygen atoms in total. The number of hydrogen-bond donors (Lipinski definition) is 1. The highest BCUT2D eigenvalue weighted by molar-refractivity contribution is 7.17. The molecule has 1 amide bonds. The van der Waals surface area contributed by atoms with Crippen LogP contribution in [0.1, 0.15) is 34.0 Å². The molecule has 2 aromatic rings. The van der Waals surface area contributed by atoms with Crippen LogP contribution in [0.2, 0.25) is 0 Å². The molecule has 3 rings (SSSR count). The van der Waals surface area contributed by atoms with Gasteiger partial charge in [0.15, 0.2) is 10.8 Å². The highest BCUT2D eigenvalue weighted by atomic mass is 32.1. The van der Waals surface area contributed by atoms with E-state index in [2.05, 4.69) is 4.98 Å².